The second-order valence-corrected chi connectivity index (χ2v) is 8.74. The fourth-order valence-electron chi connectivity index (χ4n) is 3.49. The summed E-state index contributed by atoms with van der Waals surface area (Å²) in [5, 5.41) is 11.8. The van der Waals surface area contributed by atoms with E-state index in [0.717, 1.165) is 0 Å². The van der Waals surface area contributed by atoms with Crippen LogP contribution in [0, 0.1) is 0 Å². The molecular formula is C19H25Cl2NO5. The van der Waals surface area contributed by atoms with Gasteiger partial charge in [0.2, 0.25) is 0 Å². The van der Waals surface area contributed by atoms with Gasteiger partial charge in [-0.3, -0.25) is 0 Å². The van der Waals surface area contributed by atoms with Crippen molar-refractivity contribution < 1.29 is 24.1 Å². The second kappa shape index (κ2) is 7.76. The standard InChI is InChI=1S/C19H25Cl2NO5/c1-18(2,3)27-17(24)22-7-6-19(25-8-9-26-19)11-15(22)16(23)12-4-5-13(20)14(21)10-12/h4-5,10,15-16,23H,6-9,11H2,1-3H3/t15-,16-/m1/s1. The van der Waals surface area contributed by atoms with Crippen LogP contribution in [0.4, 0.5) is 4.79 Å². The quantitative estimate of drug-likeness (QED) is 0.781. The Labute approximate surface area is 169 Å². The van der Waals surface area contributed by atoms with Gasteiger partial charge in [-0.2, -0.15) is 0 Å². The maximum Gasteiger partial charge on any atom is 0.410 e. The number of hydrogen-bond acceptors (Lipinski definition) is 5. The first-order valence-corrected chi connectivity index (χ1v) is 9.76. The predicted octanol–water partition coefficient (Wildman–Crippen LogP) is 4.17. The molecule has 3 rings (SSSR count). The zero-order chi connectivity index (χ0) is 19.8. The molecule has 1 spiro atoms. The normalized spacial score (nSPS) is 23.5. The van der Waals surface area contributed by atoms with E-state index in [0.29, 0.717) is 48.2 Å². The minimum atomic E-state index is -0.989. The molecule has 0 radical (unpaired) electrons. The number of ether oxygens (including phenoxy) is 3. The van der Waals surface area contributed by atoms with Crippen molar-refractivity contribution in [2.75, 3.05) is 19.8 Å². The highest BCUT2D eigenvalue weighted by Crippen LogP contribution is 2.40. The maximum absolute atomic E-state index is 12.7. The zero-order valence-electron chi connectivity index (χ0n) is 15.7. The molecule has 0 aromatic heterocycles. The number of nitrogens with zero attached hydrogens (tertiary/aromatic N) is 1. The molecule has 0 unspecified atom stereocenters. The predicted molar refractivity (Wildman–Crippen MR) is 102 cm³/mol. The molecule has 2 heterocycles. The Morgan fingerprint density at radius 2 is 1.96 bits per heavy atom. The van der Waals surface area contributed by atoms with Gasteiger partial charge < -0.3 is 24.2 Å². The van der Waals surface area contributed by atoms with E-state index < -0.39 is 29.6 Å². The Bertz CT molecular complexity index is 700. The number of rotatable bonds is 2. The third-order valence-electron chi connectivity index (χ3n) is 4.75. The molecule has 27 heavy (non-hydrogen) atoms. The van der Waals surface area contributed by atoms with Crippen LogP contribution in [0.25, 0.3) is 0 Å². The molecule has 2 saturated heterocycles. The summed E-state index contributed by atoms with van der Waals surface area (Å²) in [7, 11) is 0. The van der Waals surface area contributed by atoms with Crippen LogP contribution in [-0.4, -0.2) is 53.3 Å². The largest absolute Gasteiger partial charge is 0.444 e. The molecule has 150 valence electrons. The van der Waals surface area contributed by atoms with Gasteiger partial charge in [-0.25, -0.2) is 4.79 Å². The van der Waals surface area contributed by atoms with Crippen LogP contribution in [0.5, 0.6) is 0 Å². The van der Waals surface area contributed by atoms with Gasteiger partial charge in [0, 0.05) is 19.4 Å². The molecule has 2 fully saturated rings. The number of halogens is 2. The third kappa shape index (κ3) is 4.69. The fourth-order valence-corrected chi connectivity index (χ4v) is 3.80. The summed E-state index contributed by atoms with van der Waals surface area (Å²) in [4.78, 5) is 14.3. The van der Waals surface area contributed by atoms with E-state index in [1.807, 2.05) is 20.8 Å². The number of aliphatic hydroxyl groups is 1. The Morgan fingerprint density at radius 1 is 1.30 bits per heavy atom. The summed E-state index contributed by atoms with van der Waals surface area (Å²) in [6.45, 7) is 6.79. The van der Waals surface area contributed by atoms with Crippen molar-refractivity contribution in [3.05, 3.63) is 33.8 Å². The maximum atomic E-state index is 12.7. The first kappa shape index (κ1) is 20.7. The molecule has 2 atom stereocenters. The number of carbonyl (C=O) groups excluding carboxylic acids is 1. The minimum absolute atomic E-state index is 0.341. The smallest absolute Gasteiger partial charge is 0.410 e. The third-order valence-corrected chi connectivity index (χ3v) is 5.48. The lowest BCUT2D eigenvalue weighted by atomic mass is 9.89. The van der Waals surface area contributed by atoms with Crippen LogP contribution in [0.3, 0.4) is 0 Å². The average molecular weight is 418 g/mol. The van der Waals surface area contributed by atoms with Crippen molar-refractivity contribution in [3.63, 3.8) is 0 Å². The van der Waals surface area contributed by atoms with E-state index in [1.54, 1.807) is 23.1 Å². The Balaban J connectivity index is 1.88. The summed E-state index contributed by atoms with van der Waals surface area (Å²) < 4.78 is 17.2. The summed E-state index contributed by atoms with van der Waals surface area (Å²) in [6.07, 6.45) is -0.596. The number of benzene rings is 1. The fraction of sp³-hybridized carbons (Fsp3) is 0.632. The summed E-state index contributed by atoms with van der Waals surface area (Å²) in [6, 6.07) is 4.36. The lowest BCUT2D eigenvalue weighted by molar-refractivity contribution is -0.202. The van der Waals surface area contributed by atoms with E-state index in [9.17, 15) is 9.90 Å². The highest BCUT2D eigenvalue weighted by molar-refractivity contribution is 6.42. The van der Waals surface area contributed by atoms with Crippen molar-refractivity contribution >= 4 is 29.3 Å². The number of hydrogen-bond donors (Lipinski definition) is 1. The highest BCUT2D eigenvalue weighted by atomic mass is 35.5. The lowest BCUT2D eigenvalue weighted by Gasteiger charge is -2.45. The molecule has 6 nitrogen and oxygen atoms in total. The van der Waals surface area contributed by atoms with Gasteiger partial charge in [0.1, 0.15) is 5.60 Å². The van der Waals surface area contributed by atoms with Crippen LogP contribution in [0.15, 0.2) is 18.2 Å². The van der Waals surface area contributed by atoms with Gasteiger partial charge >= 0.3 is 6.09 Å². The van der Waals surface area contributed by atoms with Crippen molar-refractivity contribution in [1.82, 2.24) is 4.90 Å². The second-order valence-electron chi connectivity index (χ2n) is 7.92. The molecule has 1 aromatic carbocycles. The van der Waals surface area contributed by atoms with Crippen LogP contribution in [-0.2, 0) is 14.2 Å². The van der Waals surface area contributed by atoms with Crippen molar-refractivity contribution in [2.24, 2.45) is 0 Å². The van der Waals surface area contributed by atoms with Gasteiger partial charge in [-0.1, -0.05) is 29.3 Å². The molecule has 1 N–H and O–H groups in total. The SMILES string of the molecule is CC(C)(C)OC(=O)N1CCC2(C[C@@H]1[C@H](O)c1ccc(Cl)c(Cl)c1)OCCO2. The van der Waals surface area contributed by atoms with E-state index in [1.165, 1.54) is 0 Å². The Kier molecular flexibility index (Phi) is 5.94. The van der Waals surface area contributed by atoms with Crippen molar-refractivity contribution in [2.45, 2.75) is 57.1 Å². The van der Waals surface area contributed by atoms with Crippen molar-refractivity contribution in [3.8, 4) is 0 Å². The molecule has 1 amide bonds. The van der Waals surface area contributed by atoms with Crippen LogP contribution >= 0.6 is 23.2 Å². The molecular weight excluding hydrogens is 393 g/mol. The average Bonchev–Trinajstić information content (AvgIpc) is 3.03. The van der Waals surface area contributed by atoms with Crippen LogP contribution in [0.2, 0.25) is 10.0 Å². The first-order chi connectivity index (χ1) is 12.6. The number of piperidine rings is 1. The summed E-state index contributed by atoms with van der Waals surface area (Å²) >= 11 is 12.1. The van der Waals surface area contributed by atoms with Crippen LogP contribution < -0.4 is 0 Å². The van der Waals surface area contributed by atoms with Crippen LogP contribution in [0.1, 0.15) is 45.3 Å². The zero-order valence-corrected chi connectivity index (χ0v) is 17.2. The van der Waals surface area contributed by atoms with Gasteiger partial charge in [0.05, 0.1) is 35.4 Å². The van der Waals surface area contributed by atoms with Crippen molar-refractivity contribution in [1.29, 1.82) is 0 Å². The number of aliphatic hydroxyl groups excluding tert-OH is 1. The number of likely N-dealkylation sites (tertiary alicyclic amines) is 1. The summed E-state index contributed by atoms with van der Waals surface area (Å²) in [5.74, 6) is -0.777. The minimum Gasteiger partial charge on any atom is -0.444 e. The first-order valence-electron chi connectivity index (χ1n) is 9.01. The van der Waals surface area contributed by atoms with E-state index >= 15 is 0 Å². The van der Waals surface area contributed by atoms with E-state index in [4.69, 9.17) is 37.4 Å². The molecule has 2 aliphatic rings. The van der Waals surface area contributed by atoms with E-state index in [-0.39, 0.29) is 0 Å². The number of amides is 1. The molecule has 2 aliphatic heterocycles. The number of carbonyl (C=O) groups is 1. The molecule has 8 heteroatoms. The lowest BCUT2D eigenvalue weighted by Crippen LogP contribution is -2.56. The topological polar surface area (TPSA) is 68.2 Å². The summed E-state index contributed by atoms with van der Waals surface area (Å²) in [5.41, 5.74) is -0.0657. The van der Waals surface area contributed by atoms with Gasteiger partial charge in [0.25, 0.3) is 0 Å². The highest BCUT2D eigenvalue weighted by Gasteiger charge is 2.48. The molecule has 0 saturated carbocycles. The van der Waals surface area contributed by atoms with Gasteiger partial charge in [-0.15, -0.1) is 0 Å². The Hall–Kier alpha value is -1.05. The van der Waals surface area contributed by atoms with E-state index in [2.05, 4.69) is 0 Å². The molecule has 1 aromatic rings. The Morgan fingerprint density at radius 3 is 2.56 bits per heavy atom. The van der Waals surface area contributed by atoms with Gasteiger partial charge in [0.15, 0.2) is 5.79 Å². The van der Waals surface area contributed by atoms with Gasteiger partial charge in [-0.05, 0) is 38.5 Å². The molecule has 0 aliphatic carbocycles. The molecule has 0 bridgehead atoms. The monoisotopic (exact) mass is 417 g/mol.